The SMILES string of the molecule is O=C(CSC1NNCC(=O)N1)Nc1ccc(Cl)cc1. The molecule has 2 amide bonds. The Bertz CT molecular complexity index is 468. The smallest absolute Gasteiger partial charge is 0.237 e. The van der Waals surface area contributed by atoms with Crippen molar-refractivity contribution in [2.75, 3.05) is 17.6 Å². The van der Waals surface area contributed by atoms with E-state index in [1.54, 1.807) is 24.3 Å². The van der Waals surface area contributed by atoms with Gasteiger partial charge in [0, 0.05) is 10.7 Å². The van der Waals surface area contributed by atoms with Crippen LogP contribution in [-0.4, -0.2) is 29.6 Å². The van der Waals surface area contributed by atoms with Crippen molar-refractivity contribution in [1.29, 1.82) is 0 Å². The van der Waals surface area contributed by atoms with Gasteiger partial charge in [-0.3, -0.25) is 9.59 Å². The lowest BCUT2D eigenvalue weighted by Crippen LogP contribution is -2.58. The molecule has 0 radical (unpaired) electrons. The van der Waals surface area contributed by atoms with Crippen LogP contribution >= 0.6 is 23.4 Å². The molecule has 19 heavy (non-hydrogen) atoms. The van der Waals surface area contributed by atoms with E-state index in [4.69, 9.17) is 11.6 Å². The van der Waals surface area contributed by atoms with Crippen molar-refractivity contribution in [3.8, 4) is 0 Å². The summed E-state index contributed by atoms with van der Waals surface area (Å²) in [7, 11) is 0. The average molecular weight is 301 g/mol. The molecule has 0 saturated carbocycles. The molecule has 1 aromatic rings. The van der Waals surface area contributed by atoms with Gasteiger partial charge in [0.15, 0.2) is 0 Å². The van der Waals surface area contributed by atoms with Crippen molar-refractivity contribution in [2.24, 2.45) is 0 Å². The van der Waals surface area contributed by atoms with E-state index < -0.39 is 0 Å². The zero-order valence-electron chi connectivity index (χ0n) is 9.90. The van der Waals surface area contributed by atoms with Crippen molar-refractivity contribution in [1.82, 2.24) is 16.2 Å². The highest BCUT2D eigenvalue weighted by atomic mass is 35.5. The van der Waals surface area contributed by atoms with Gasteiger partial charge >= 0.3 is 0 Å². The molecule has 6 nitrogen and oxygen atoms in total. The van der Waals surface area contributed by atoms with Crippen LogP contribution in [0.2, 0.25) is 5.02 Å². The average Bonchev–Trinajstić information content (AvgIpc) is 2.39. The van der Waals surface area contributed by atoms with E-state index in [1.165, 1.54) is 11.8 Å². The number of thioether (sulfide) groups is 1. The summed E-state index contributed by atoms with van der Waals surface area (Å²) in [4.78, 5) is 22.8. The maximum absolute atomic E-state index is 11.7. The highest BCUT2D eigenvalue weighted by Crippen LogP contribution is 2.14. The molecule has 0 spiro atoms. The van der Waals surface area contributed by atoms with Crippen molar-refractivity contribution >= 4 is 40.9 Å². The monoisotopic (exact) mass is 300 g/mol. The number of carbonyl (C=O) groups excluding carboxylic acids is 2. The first kappa shape index (κ1) is 14.1. The number of hydrogen-bond acceptors (Lipinski definition) is 5. The molecular formula is C11H13ClN4O2S. The number of nitrogens with one attached hydrogen (secondary N) is 4. The van der Waals surface area contributed by atoms with Gasteiger partial charge in [0.25, 0.3) is 0 Å². The van der Waals surface area contributed by atoms with Crippen molar-refractivity contribution in [3.05, 3.63) is 29.3 Å². The molecule has 0 bridgehead atoms. The van der Waals surface area contributed by atoms with Crippen LogP contribution in [0.5, 0.6) is 0 Å². The molecule has 1 aliphatic rings. The number of amides is 2. The molecule has 1 unspecified atom stereocenters. The van der Waals surface area contributed by atoms with Crippen LogP contribution in [0.1, 0.15) is 0 Å². The minimum atomic E-state index is -0.308. The molecule has 0 aliphatic carbocycles. The fourth-order valence-corrected chi connectivity index (χ4v) is 2.33. The fourth-order valence-electron chi connectivity index (χ4n) is 1.43. The molecule has 0 aromatic heterocycles. The minimum Gasteiger partial charge on any atom is -0.330 e. The van der Waals surface area contributed by atoms with E-state index in [-0.39, 0.29) is 29.6 Å². The Morgan fingerprint density at radius 3 is 2.84 bits per heavy atom. The summed E-state index contributed by atoms with van der Waals surface area (Å²) in [6.07, 6.45) is 0. The second-order valence-electron chi connectivity index (χ2n) is 3.81. The van der Waals surface area contributed by atoms with Crippen LogP contribution in [0.3, 0.4) is 0 Å². The summed E-state index contributed by atoms with van der Waals surface area (Å²) in [5, 5.41) is 6.05. The number of hydrazine groups is 1. The third-order valence-corrected chi connectivity index (χ3v) is 3.53. The van der Waals surface area contributed by atoms with Gasteiger partial charge < -0.3 is 10.6 Å². The largest absolute Gasteiger partial charge is 0.330 e. The third-order valence-electron chi connectivity index (χ3n) is 2.28. The summed E-state index contributed by atoms with van der Waals surface area (Å²) in [5.74, 6) is -0.0225. The predicted octanol–water partition coefficient (Wildman–Crippen LogP) is 0.519. The molecule has 1 atom stereocenters. The van der Waals surface area contributed by atoms with Crippen LogP contribution < -0.4 is 21.5 Å². The zero-order chi connectivity index (χ0) is 13.7. The number of benzene rings is 1. The van der Waals surface area contributed by atoms with Crippen LogP contribution in [-0.2, 0) is 9.59 Å². The second-order valence-corrected chi connectivity index (χ2v) is 5.34. The topological polar surface area (TPSA) is 82.3 Å². The highest BCUT2D eigenvalue weighted by Gasteiger charge is 2.18. The Morgan fingerprint density at radius 1 is 1.42 bits per heavy atom. The number of anilines is 1. The van der Waals surface area contributed by atoms with Crippen LogP contribution in [0.15, 0.2) is 24.3 Å². The number of rotatable bonds is 4. The highest BCUT2D eigenvalue weighted by molar-refractivity contribution is 8.00. The molecule has 1 heterocycles. The standard InChI is InChI=1S/C11H13ClN4O2S/c12-7-1-3-8(4-2-7)14-10(18)6-19-11-15-9(17)5-13-16-11/h1-4,11,13,16H,5-6H2,(H,14,18)(H,15,17). The van der Waals surface area contributed by atoms with Crippen LogP contribution in [0.4, 0.5) is 5.69 Å². The van der Waals surface area contributed by atoms with E-state index in [0.29, 0.717) is 10.7 Å². The van der Waals surface area contributed by atoms with Gasteiger partial charge in [-0.2, -0.15) is 0 Å². The fraction of sp³-hybridized carbons (Fsp3) is 0.273. The Hall–Kier alpha value is -1.28. The number of halogens is 1. The lowest BCUT2D eigenvalue weighted by Gasteiger charge is -2.24. The lowest BCUT2D eigenvalue weighted by atomic mass is 10.3. The normalized spacial score (nSPS) is 18.8. The van der Waals surface area contributed by atoms with E-state index in [2.05, 4.69) is 21.5 Å². The van der Waals surface area contributed by atoms with Gasteiger partial charge in [0.05, 0.1) is 12.3 Å². The summed E-state index contributed by atoms with van der Waals surface area (Å²) in [6.45, 7) is 0.230. The summed E-state index contributed by atoms with van der Waals surface area (Å²) in [6, 6.07) is 6.87. The first-order chi connectivity index (χ1) is 9.13. The predicted molar refractivity (Wildman–Crippen MR) is 75.6 cm³/mol. The third kappa shape index (κ3) is 4.71. The quantitative estimate of drug-likeness (QED) is 0.652. The Morgan fingerprint density at radius 2 is 2.16 bits per heavy atom. The molecule has 4 N–H and O–H groups in total. The molecule has 1 fully saturated rings. The van der Waals surface area contributed by atoms with E-state index in [1.807, 2.05) is 0 Å². The first-order valence-corrected chi connectivity index (χ1v) is 7.01. The van der Waals surface area contributed by atoms with E-state index in [0.717, 1.165) is 0 Å². The van der Waals surface area contributed by atoms with Crippen molar-refractivity contribution in [3.63, 3.8) is 0 Å². The molecule has 1 saturated heterocycles. The number of carbonyl (C=O) groups is 2. The molecule has 2 rings (SSSR count). The minimum absolute atomic E-state index is 0.102. The van der Waals surface area contributed by atoms with E-state index in [9.17, 15) is 9.59 Å². The van der Waals surface area contributed by atoms with Gasteiger partial charge in [-0.25, -0.2) is 10.9 Å². The van der Waals surface area contributed by atoms with Gasteiger partial charge in [0.2, 0.25) is 11.8 Å². The summed E-state index contributed by atoms with van der Waals surface area (Å²) in [5.41, 5.74) is 5.98. The van der Waals surface area contributed by atoms with Crippen molar-refractivity contribution < 1.29 is 9.59 Å². The van der Waals surface area contributed by atoms with Crippen LogP contribution in [0, 0.1) is 0 Å². The number of hydrogen-bond donors (Lipinski definition) is 4. The maximum atomic E-state index is 11.7. The summed E-state index contributed by atoms with van der Waals surface area (Å²) >= 11 is 7.04. The Kier molecular flexibility index (Phi) is 5.03. The van der Waals surface area contributed by atoms with E-state index >= 15 is 0 Å². The van der Waals surface area contributed by atoms with Gasteiger partial charge in [-0.1, -0.05) is 11.6 Å². The van der Waals surface area contributed by atoms with Crippen molar-refractivity contribution in [2.45, 2.75) is 5.50 Å². The summed E-state index contributed by atoms with van der Waals surface area (Å²) < 4.78 is 0. The molecule has 1 aliphatic heterocycles. The Balaban J connectivity index is 1.75. The van der Waals surface area contributed by atoms with Gasteiger partial charge in [-0.15, -0.1) is 11.8 Å². The lowest BCUT2D eigenvalue weighted by molar-refractivity contribution is -0.122. The van der Waals surface area contributed by atoms with Gasteiger partial charge in [0.1, 0.15) is 5.50 Å². The molecule has 8 heteroatoms. The Labute approximate surface area is 119 Å². The first-order valence-electron chi connectivity index (χ1n) is 5.58. The molecule has 1 aromatic carbocycles. The molecular weight excluding hydrogens is 288 g/mol. The second kappa shape index (κ2) is 6.76. The van der Waals surface area contributed by atoms with Gasteiger partial charge in [-0.05, 0) is 24.3 Å². The molecule has 102 valence electrons. The van der Waals surface area contributed by atoms with Crippen LogP contribution in [0.25, 0.3) is 0 Å². The maximum Gasteiger partial charge on any atom is 0.237 e. The zero-order valence-corrected chi connectivity index (χ0v) is 11.5.